The first kappa shape index (κ1) is 11.8. The average molecular weight is 268 g/mol. The van der Waals surface area contributed by atoms with Crippen molar-refractivity contribution in [2.24, 2.45) is 0 Å². The van der Waals surface area contributed by atoms with E-state index in [1.54, 1.807) is 18.5 Å². The van der Waals surface area contributed by atoms with Gasteiger partial charge < -0.3 is 4.40 Å². The van der Waals surface area contributed by atoms with Crippen molar-refractivity contribution in [3.8, 4) is 17.3 Å². The molecule has 3 nitrogen and oxygen atoms in total. The van der Waals surface area contributed by atoms with E-state index in [9.17, 15) is 0 Å². The topological polar surface area (TPSA) is 41.1 Å². The molecule has 0 N–H and O–H groups in total. The molecule has 92 valence electrons. The van der Waals surface area contributed by atoms with Crippen molar-refractivity contribution in [1.82, 2.24) is 9.38 Å². The van der Waals surface area contributed by atoms with Gasteiger partial charge in [-0.1, -0.05) is 11.6 Å². The Balaban J connectivity index is 2.38. The minimum absolute atomic E-state index is 0.646. The number of nitriles is 1. The minimum atomic E-state index is 0.646. The van der Waals surface area contributed by atoms with Crippen LogP contribution in [0.2, 0.25) is 5.02 Å². The van der Waals surface area contributed by atoms with Crippen LogP contribution in [0.5, 0.6) is 0 Å². The van der Waals surface area contributed by atoms with E-state index in [1.165, 1.54) is 0 Å². The summed E-state index contributed by atoms with van der Waals surface area (Å²) >= 11 is 6.22. The second kappa shape index (κ2) is 4.42. The summed E-state index contributed by atoms with van der Waals surface area (Å²) in [6.45, 7) is 2.00. The highest BCUT2D eigenvalue weighted by Gasteiger charge is 2.11. The lowest BCUT2D eigenvalue weighted by Crippen LogP contribution is -1.93. The molecule has 0 atom stereocenters. The first-order valence-corrected chi connectivity index (χ1v) is 6.20. The van der Waals surface area contributed by atoms with Crippen molar-refractivity contribution < 1.29 is 0 Å². The summed E-state index contributed by atoms with van der Waals surface area (Å²) in [4.78, 5) is 4.12. The summed E-state index contributed by atoms with van der Waals surface area (Å²) in [5.74, 6) is 0. The average Bonchev–Trinajstić information content (AvgIpc) is 2.80. The summed E-state index contributed by atoms with van der Waals surface area (Å²) in [6.07, 6.45) is 5.39. The quantitative estimate of drug-likeness (QED) is 0.672. The van der Waals surface area contributed by atoms with Gasteiger partial charge in [0.2, 0.25) is 0 Å². The van der Waals surface area contributed by atoms with Gasteiger partial charge in [-0.25, -0.2) is 0 Å². The smallest absolute Gasteiger partial charge is 0.101 e. The summed E-state index contributed by atoms with van der Waals surface area (Å²) in [7, 11) is 0. The monoisotopic (exact) mass is 267 g/mol. The van der Waals surface area contributed by atoms with Crippen LogP contribution >= 0.6 is 11.6 Å². The van der Waals surface area contributed by atoms with Gasteiger partial charge in [-0.3, -0.25) is 4.98 Å². The number of pyridine rings is 2. The van der Waals surface area contributed by atoms with Crippen LogP contribution in [-0.4, -0.2) is 9.38 Å². The van der Waals surface area contributed by atoms with Gasteiger partial charge in [0.25, 0.3) is 0 Å². The molecule has 3 rings (SSSR count). The van der Waals surface area contributed by atoms with Gasteiger partial charge >= 0.3 is 0 Å². The molecule has 0 aromatic carbocycles. The van der Waals surface area contributed by atoms with Gasteiger partial charge in [0.1, 0.15) is 6.07 Å². The van der Waals surface area contributed by atoms with Crippen LogP contribution in [0.1, 0.15) is 11.1 Å². The van der Waals surface area contributed by atoms with Crippen molar-refractivity contribution in [3.63, 3.8) is 0 Å². The Labute approximate surface area is 115 Å². The summed E-state index contributed by atoms with van der Waals surface area (Å²) in [6, 6.07) is 9.67. The molecule has 3 heterocycles. The van der Waals surface area contributed by atoms with E-state index in [2.05, 4.69) is 11.1 Å². The van der Waals surface area contributed by atoms with E-state index in [0.29, 0.717) is 10.6 Å². The van der Waals surface area contributed by atoms with Crippen molar-refractivity contribution in [2.75, 3.05) is 0 Å². The molecule has 0 fully saturated rings. The molecule has 0 amide bonds. The number of rotatable bonds is 1. The van der Waals surface area contributed by atoms with Gasteiger partial charge in [0, 0.05) is 24.2 Å². The fourth-order valence-corrected chi connectivity index (χ4v) is 2.41. The summed E-state index contributed by atoms with van der Waals surface area (Å²) < 4.78 is 1.98. The molecule has 0 aliphatic carbocycles. The molecule has 0 spiro atoms. The Hall–Kier alpha value is -2.31. The van der Waals surface area contributed by atoms with Gasteiger partial charge in [0.15, 0.2) is 0 Å². The highest BCUT2D eigenvalue weighted by molar-refractivity contribution is 6.33. The predicted octanol–water partition coefficient (Wildman–Crippen LogP) is 3.83. The molecule has 0 saturated carbocycles. The molecule has 0 aliphatic rings. The molecule has 0 aliphatic heterocycles. The van der Waals surface area contributed by atoms with Crippen LogP contribution in [0, 0.1) is 18.3 Å². The molecule has 3 aromatic heterocycles. The van der Waals surface area contributed by atoms with E-state index < -0.39 is 0 Å². The number of aromatic nitrogens is 2. The molecule has 0 unspecified atom stereocenters. The fourth-order valence-electron chi connectivity index (χ4n) is 2.21. The zero-order valence-electron chi connectivity index (χ0n) is 10.3. The van der Waals surface area contributed by atoms with Crippen LogP contribution in [0.15, 0.2) is 42.9 Å². The largest absolute Gasteiger partial charge is 0.315 e. The third-order valence-corrected chi connectivity index (χ3v) is 3.39. The number of hydrogen-bond acceptors (Lipinski definition) is 2. The highest BCUT2D eigenvalue weighted by Crippen LogP contribution is 2.29. The first-order valence-electron chi connectivity index (χ1n) is 5.82. The summed E-state index contributed by atoms with van der Waals surface area (Å²) in [5.41, 5.74) is 4.42. The van der Waals surface area contributed by atoms with Crippen molar-refractivity contribution in [1.29, 1.82) is 5.26 Å². The lowest BCUT2D eigenvalue weighted by atomic mass is 10.1. The van der Waals surface area contributed by atoms with E-state index in [4.69, 9.17) is 16.9 Å². The van der Waals surface area contributed by atoms with Crippen LogP contribution in [-0.2, 0) is 0 Å². The second-order valence-corrected chi connectivity index (χ2v) is 4.78. The standard InChI is InChI=1S/C15H10ClN3/c1-10-6-15-11(7-17)2-3-14(19(15)9-10)12-8-18-5-4-13(12)16/h2-6,8-9H,1H3. The first-order chi connectivity index (χ1) is 9.20. The second-order valence-electron chi connectivity index (χ2n) is 4.37. The van der Waals surface area contributed by atoms with Gasteiger partial charge in [-0.2, -0.15) is 5.26 Å². The predicted molar refractivity (Wildman–Crippen MR) is 75.1 cm³/mol. The molecule has 19 heavy (non-hydrogen) atoms. The Morgan fingerprint density at radius 1 is 1.32 bits per heavy atom. The lowest BCUT2D eigenvalue weighted by Gasteiger charge is -2.08. The Kier molecular flexibility index (Phi) is 2.73. The zero-order valence-corrected chi connectivity index (χ0v) is 11.0. The van der Waals surface area contributed by atoms with Gasteiger partial charge in [0.05, 0.1) is 21.8 Å². The van der Waals surface area contributed by atoms with E-state index in [0.717, 1.165) is 22.3 Å². The number of nitrogens with zero attached hydrogens (tertiary/aromatic N) is 3. The van der Waals surface area contributed by atoms with Crippen LogP contribution < -0.4 is 0 Å². The Morgan fingerprint density at radius 2 is 2.16 bits per heavy atom. The molecular weight excluding hydrogens is 258 g/mol. The SMILES string of the molecule is Cc1cc2c(C#N)ccc(-c3cnccc3Cl)n2c1. The normalized spacial score (nSPS) is 10.6. The maximum Gasteiger partial charge on any atom is 0.101 e. The van der Waals surface area contributed by atoms with Crippen LogP contribution in [0.25, 0.3) is 16.8 Å². The fraction of sp³-hybridized carbons (Fsp3) is 0.0667. The Bertz CT molecular complexity index is 812. The number of hydrogen-bond donors (Lipinski definition) is 0. The molecular formula is C15H10ClN3. The Morgan fingerprint density at radius 3 is 2.89 bits per heavy atom. The minimum Gasteiger partial charge on any atom is -0.315 e. The molecule has 0 radical (unpaired) electrons. The van der Waals surface area contributed by atoms with Crippen molar-refractivity contribution in [2.45, 2.75) is 6.92 Å². The molecule has 0 saturated heterocycles. The maximum atomic E-state index is 9.16. The van der Waals surface area contributed by atoms with Crippen molar-refractivity contribution >= 4 is 17.1 Å². The van der Waals surface area contributed by atoms with Gasteiger partial charge in [-0.05, 0) is 36.8 Å². The van der Waals surface area contributed by atoms with Crippen LogP contribution in [0.3, 0.4) is 0 Å². The zero-order chi connectivity index (χ0) is 13.4. The maximum absolute atomic E-state index is 9.16. The third-order valence-electron chi connectivity index (χ3n) is 3.06. The molecule has 3 aromatic rings. The highest BCUT2D eigenvalue weighted by atomic mass is 35.5. The lowest BCUT2D eigenvalue weighted by molar-refractivity contribution is 1.18. The number of fused-ring (bicyclic) bond motifs is 1. The number of aryl methyl sites for hydroxylation is 1. The number of halogens is 1. The third kappa shape index (κ3) is 1.87. The summed E-state index contributed by atoms with van der Waals surface area (Å²) in [5, 5.41) is 9.80. The molecule has 4 heteroatoms. The van der Waals surface area contributed by atoms with Crippen molar-refractivity contribution in [3.05, 3.63) is 59.0 Å². The van der Waals surface area contributed by atoms with E-state index >= 15 is 0 Å². The van der Waals surface area contributed by atoms with Gasteiger partial charge in [-0.15, -0.1) is 0 Å². The van der Waals surface area contributed by atoms with Crippen LogP contribution in [0.4, 0.5) is 0 Å². The molecule has 0 bridgehead atoms. The van der Waals surface area contributed by atoms with E-state index in [-0.39, 0.29) is 0 Å². The van der Waals surface area contributed by atoms with E-state index in [1.807, 2.05) is 35.7 Å².